The van der Waals surface area contributed by atoms with Gasteiger partial charge in [-0.3, -0.25) is 9.52 Å². The van der Waals surface area contributed by atoms with Crippen molar-refractivity contribution in [2.75, 3.05) is 11.8 Å². The average Bonchev–Trinajstić information content (AvgIpc) is 2.94. The van der Waals surface area contributed by atoms with Crippen molar-refractivity contribution in [2.24, 2.45) is 7.05 Å². The Morgan fingerprint density at radius 3 is 2.58 bits per heavy atom. The molecule has 1 heterocycles. The minimum atomic E-state index is -3.92. The molecule has 0 fully saturated rings. The van der Waals surface area contributed by atoms with Crippen LogP contribution in [0.1, 0.15) is 24.2 Å². The van der Waals surface area contributed by atoms with Crippen molar-refractivity contribution < 1.29 is 13.2 Å². The third-order valence-electron chi connectivity index (χ3n) is 3.50. The Kier molecular flexibility index (Phi) is 5.14. The van der Waals surface area contributed by atoms with Crippen LogP contribution in [0.25, 0.3) is 0 Å². The molecule has 1 amide bonds. The molecule has 0 bridgehead atoms. The molecule has 0 aliphatic heterocycles. The third kappa shape index (κ3) is 3.68. The standard InChI is InChI=1S/C14H18ClN5O3S/c1-9(2)19(3)14(21)10-5-6-11(15)12(7-10)17-24(22,23)13-8-16-18-20(13)4/h5-9,17H,1-4H3. The van der Waals surface area contributed by atoms with Gasteiger partial charge >= 0.3 is 0 Å². The fourth-order valence-corrected chi connectivity index (χ4v) is 3.25. The zero-order chi connectivity index (χ0) is 18.1. The number of nitrogens with zero attached hydrogens (tertiary/aromatic N) is 4. The highest BCUT2D eigenvalue weighted by atomic mass is 35.5. The number of nitrogens with one attached hydrogen (secondary N) is 1. The number of rotatable bonds is 5. The van der Waals surface area contributed by atoms with Crippen LogP contribution in [0.15, 0.2) is 29.4 Å². The molecule has 0 saturated carbocycles. The number of hydrogen-bond acceptors (Lipinski definition) is 5. The number of benzene rings is 1. The maximum absolute atomic E-state index is 12.4. The zero-order valence-electron chi connectivity index (χ0n) is 13.7. The molecule has 1 aromatic carbocycles. The van der Waals surface area contributed by atoms with E-state index in [1.54, 1.807) is 18.0 Å². The van der Waals surface area contributed by atoms with E-state index in [2.05, 4.69) is 15.0 Å². The van der Waals surface area contributed by atoms with Crippen LogP contribution in [-0.2, 0) is 17.1 Å². The lowest BCUT2D eigenvalue weighted by molar-refractivity contribution is 0.0755. The molecule has 0 spiro atoms. The van der Waals surface area contributed by atoms with E-state index in [4.69, 9.17) is 11.6 Å². The number of sulfonamides is 1. The minimum absolute atomic E-state index is 0.00818. The Labute approximate surface area is 145 Å². The number of carbonyl (C=O) groups is 1. The van der Waals surface area contributed by atoms with Gasteiger partial charge in [0.25, 0.3) is 15.9 Å². The Hall–Kier alpha value is -2.13. The van der Waals surface area contributed by atoms with Gasteiger partial charge < -0.3 is 4.90 Å². The number of halogens is 1. The van der Waals surface area contributed by atoms with Crippen molar-refractivity contribution in [1.29, 1.82) is 0 Å². The number of amides is 1. The molecule has 24 heavy (non-hydrogen) atoms. The maximum atomic E-state index is 12.4. The second-order valence-corrected chi connectivity index (χ2v) is 7.54. The molecule has 130 valence electrons. The van der Waals surface area contributed by atoms with E-state index >= 15 is 0 Å². The summed E-state index contributed by atoms with van der Waals surface area (Å²) in [4.78, 5) is 13.9. The molecule has 0 radical (unpaired) electrons. The molecule has 10 heteroatoms. The van der Waals surface area contributed by atoms with Crippen molar-refractivity contribution in [3.05, 3.63) is 35.0 Å². The van der Waals surface area contributed by atoms with Gasteiger partial charge in [0.15, 0.2) is 5.03 Å². The van der Waals surface area contributed by atoms with Gasteiger partial charge in [-0.1, -0.05) is 16.8 Å². The Morgan fingerprint density at radius 1 is 1.38 bits per heavy atom. The first-order valence-electron chi connectivity index (χ1n) is 7.07. The highest BCUT2D eigenvalue weighted by molar-refractivity contribution is 7.92. The van der Waals surface area contributed by atoms with Crippen molar-refractivity contribution in [1.82, 2.24) is 19.9 Å². The summed E-state index contributed by atoms with van der Waals surface area (Å²) in [5.74, 6) is -0.232. The Morgan fingerprint density at radius 2 is 2.04 bits per heavy atom. The largest absolute Gasteiger partial charge is 0.339 e. The topological polar surface area (TPSA) is 97.2 Å². The van der Waals surface area contributed by atoms with Gasteiger partial charge in [0.1, 0.15) is 0 Å². The summed E-state index contributed by atoms with van der Waals surface area (Å²) in [7, 11) is -0.791. The highest BCUT2D eigenvalue weighted by Gasteiger charge is 2.22. The lowest BCUT2D eigenvalue weighted by atomic mass is 10.1. The number of anilines is 1. The van der Waals surface area contributed by atoms with Crippen molar-refractivity contribution in [2.45, 2.75) is 24.9 Å². The van der Waals surface area contributed by atoms with Gasteiger partial charge in [0.2, 0.25) is 0 Å². The quantitative estimate of drug-likeness (QED) is 0.863. The second kappa shape index (κ2) is 6.78. The number of hydrogen-bond donors (Lipinski definition) is 1. The van der Waals surface area contributed by atoms with Gasteiger partial charge in [-0.15, -0.1) is 5.10 Å². The predicted octanol–water partition coefficient (Wildman–Crippen LogP) is 1.75. The molecule has 0 aliphatic carbocycles. The Bertz CT molecular complexity index is 863. The summed E-state index contributed by atoms with van der Waals surface area (Å²) in [6, 6.07) is 4.44. The molecule has 0 atom stereocenters. The molecule has 1 aromatic heterocycles. The van der Waals surface area contributed by atoms with Crippen LogP contribution >= 0.6 is 11.6 Å². The van der Waals surface area contributed by atoms with E-state index in [9.17, 15) is 13.2 Å². The van der Waals surface area contributed by atoms with Crippen molar-refractivity contribution >= 4 is 33.2 Å². The van der Waals surface area contributed by atoms with E-state index in [1.165, 1.54) is 19.2 Å². The van der Waals surface area contributed by atoms with Gasteiger partial charge in [0, 0.05) is 25.7 Å². The van der Waals surface area contributed by atoms with Gasteiger partial charge in [0.05, 0.1) is 16.9 Å². The van der Waals surface area contributed by atoms with Gasteiger partial charge in [-0.25, -0.2) is 4.68 Å². The van der Waals surface area contributed by atoms with Crippen molar-refractivity contribution in [3.8, 4) is 0 Å². The number of carbonyl (C=O) groups excluding carboxylic acids is 1. The summed E-state index contributed by atoms with van der Waals surface area (Å²) in [5.41, 5.74) is 0.442. The van der Waals surface area contributed by atoms with Crippen LogP contribution in [0.3, 0.4) is 0 Å². The molecule has 8 nitrogen and oxygen atoms in total. The molecule has 0 unspecified atom stereocenters. The van der Waals surface area contributed by atoms with Crippen molar-refractivity contribution in [3.63, 3.8) is 0 Å². The van der Waals surface area contributed by atoms with E-state index in [1.807, 2.05) is 13.8 Å². The van der Waals surface area contributed by atoms with Gasteiger partial charge in [-0.2, -0.15) is 8.42 Å². The summed E-state index contributed by atoms with van der Waals surface area (Å²) in [6.45, 7) is 3.76. The summed E-state index contributed by atoms with van der Waals surface area (Å²) in [5, 5.41) is 7.19. The van der Waals surface area contributed by atoms with E-state index < -0.39 is 10.0 Å². The molecular formula is C14H18ClN5O3S. The summed E-state index contributed by atoms with van der Waals surface area (Å²) < 4.78 is 28.3. The first-order valence-corrected chi connectivity index (χ1v) is 8.94. The van der Waals surface area contributed by atoms with E-state index in [0.717, 1.165) is 10.9 Å². The van der Waals surface area contributed by atoms with E-state index in [-0.39, 0.29) is 27.7 Å². The predicted molar refractivity (Wildman–Crippen MR) is 90.5 cm³/mol. The molecule has 0 aliphatic rings. The summed E-state index contributed by atoms with van der Waals surface area (Å²) >= 11 is 6.06. The third-order valence-corrected chi connectivity index (χ3v) is 5.24. The van der Waals surface area contributed by atoms with Crippen LogP contribution in [0, 0.1) is 0 Å². The van der Waals surface area contributed by atoms with Gasteiger partial charge in [-0.05, 0) is 32.0 Å². The summed E-state index contributed by atoms with van der Waals surface area (Å²) in [6.07, 6.45) is 1.12. The molecule has 2 aromatic rings. The molecule has 1 N–H and O–H groups in total. The second-order valence-electron chi connectivity index (χ2n) is 5.51. The molecular weight excluding hydrogens is 354 g/mol. The number of aromatic nitrogens is 3. The molecule has 2 rings (SSSR count). The maximum Gasteiger partial charge on any atom is 0.280 e. The highest BCUT2D eigenvalue weighted by Crippen LogP contribution is 2.26. The lowest BCUT2D eigenvalue weighted by Gasteiger charge is -2.22. The van der Waals surface area contributed by atoms with Crippen LogP contribution < -0.4 is 4.72 Å². The van der Waals surface area contributed by atoms with Crippen LogP contribution in [0.2, 0.25) is 5.02 Å². The fraction of sp³-hybridized carbons (Fsp3) is 0.357. The first kappa shape index (κ1) is 18.2. The van der Waals surface area contributed by atoms with Crippen LogP contribution in [0.4, 0.5) is 5.69 Å². The van der Waals surface area contributed by atoms with Crippen LogP contribution in [-0.4, -0.2) is 47.3 Å². The number of aryl methyl sites for hydroxylation is 1. The van der Waals surface area contributed by atoms with Crippen LogP contribution in [0.5, 0.6) is 0 Å². The average molecular weight is 372 g/mol. The minimum Gasteiger partial charge on any atom is -0.339 e. The SMILES string of the molecule is CC(C)N(C)C(=O)c1ccc(Cl)c(NS(=O)(=O)c2cnnn2C)c1. The normalized spacial score (nSPS) is 11.6. The molecule has 0 saturated heterocycles. The first-order chi connectivity index (χ1) is 11.1. The Balaban J connectivity index is 2.36. The van der Waals surface area contributed by atoms with E-state index in [0.29, 0.717) is 5.56 Å². The zero-order valence-corrected chi connectivity index (χ0v) is 15.3. The fourth-order valence-electron chi connectivity index (χ4n) is 1.90. The monoisotopic (exact) mass is 371 g/mol. The smallest absolute Gasteiger partial charge is 0.280 e. The lowest BCUT2D eigenvalue weighted by Crippen LogP contribution is -2.33.